The van der Waals surface area contributed by atoms with E-state index in [9.17, 15) is 4.79 Å². The SMILES string of the molecule is CC(C)OCCNc1nc(N)nc2ccc(-c3ccc(C(=O)NC4CC4)cc3)nc12. The van der Waals surface area contributed by atoms with Gasteiger partial charge in [-0.25, -0.2) is 9.97 Å². The summed E-state index contributed by atoms with van der Waals surface area (Å²) in [6, 6.07) is 11.5. The minimum Gasteiger partial charge on any atom is -0.377 e. The van der Waals surface area contributed by atoms with Gasteiger partial charge in [0.2, 0.25) is 5.95 Å². The summed E-state index contributed by atoms with van der Waals surface area (Å²) in [6.07, 6.45) is 2.30. The molecule has 1 aliphatic rings. The van der Waals surface area contributed by atoms with E-state index in [4.69, 9.17) is 15.5 Å². The van der Waals surface area contributed by atoms with Gasteiger partial charge in [-0.05, 0) is 51.0 Å². The van der Waals surface area contributed by atoms with Gasteiger partial charge in [-0.15, -0.1) is 0 Å². The largest absolute Gasteiger partial charge is 0.377 e. The summed E-state index contributed by atoms with van der Waals surface area (Å²) in [5.41, 5.74) is 9.48. The number of carbonyl (C=O) groups is 1. The van der Waals surface area contributed by atoms with E-state index in [1.54, 1.807) is 0 Å². The van der Waals surface area contributed by atoms with Crippen molar-refractivity contribution in [2.75, 3.05) is 24.2 Å². The van der Waals surface area contributed by atoms with Crippen LogP contribution in [0.4, 0.5) is 11.8 Å². The highest BCUT2D eigenvalue weighted by Gasteiger charge is 2.23. The van der Waals surface area contributed by atoms with Crippen LogP contribution in [-0.2, 0) is 4.74 Å². The van der Waals surface area contributed by atoms with Crippen molar-refractivity contribution in [1.82, 2.24) is 20.3 Å². The molecule has 4 N–H and O–H groups in total. The van der Waals surface area contributed by atoms with Crippen LogP contribution >= 0.6 is 0 Å². The number of carbonyl (C=O) groups excluding carboxylic acids is 1. The number of fused-ring (bicyclic) bond motifs is 1. The van der Waals surface area contributed by atoms with Gasteiger partial charge in [0.05, 0.1) is 23.9 Å². The molecule has 4 rings (SSSR count). The van der Waals surface area contributed by atoms with Gasteiger partial charge < -0.3 is 21.1 Å². The van der Waals surface area contributed by atoms with Crippen LogP contribution in [0.25, 0.3) is 22.3 Å². The number of nitrogens with zero attached hydrogens (tertiary/aromatic N) is 3. The summed E-state index contributed by atoms with van der Waals surface area (Å²) in [7, 11) is 0. The molecule has 0 bridgehead atoms. The number of hydrogen-bond donors (Lipinski definition) is 3. The number of aromatic nitrogens is 3. The Morgan fingerprint density at radius 2 is 1.90 bits per heavy atom. The van der Waals surface area contributed by atoms with Gasteiger partial charge in [-0.2, -0.15) is 4.98 Å². The van der Waals surface area contributed by atoms with Gasteiger partial charge in [0.25, 0.3) is 5.91 Å². The van der Waals surface area contributed by atoms with Crippen LogP contribution in [0.15, 0.2) is 36.4 Å². The van der Waals surface area contributed by atoms with E-state index in [2.05, 4.69) is 20.6 Å². The first-order valence-electron chi connectivity index (χ1n) is 10.2. The van der Waals surface area contributed by atoms with Crippen LogP contribution in [-0.4, -0.2) is 46.2 Å². The predicted octanol–water partition coefficient (Wildman–Crippen LogP) is 3.00. The number of nitrogens with one attached hydrogen (secondary N) is 2. The second kappa shape index (κ2) is 8.62. The normalized spacial score (nSPS) is 13.6. The number of anilines is 2. The molecule has 1 fully saturated rings. The van der Waals surface area contributed by atoms with Crippen molar-refractivity contribution in [2.24, 2.45) is 0 Å². The van der Waals surface area contributed by atoms with Crippen molar-refractivity contribution in [3.05, 3.63) is 42.0 Å². The Balaban J connectivity index is 1.56. The molecule has 30 heavy (non-hydrogen) atoms. The molecule has 0 unspecified atom stereocenters. The van der Waals surface area contributed by atoms with Crippen molar-refractivity contribution in [3.8, 4) is 11.3 Å². The van der Waals surface area contributed by atoms with Crippen LogP contribution in [0.5, 0.6) is 0 Å². The molecule has 2 aromatic heterocycles. The molecular formula is C22H26N6O2. The summed E-state index contributed by atoms with van der Waals surface area (Å²) >= 11 is 0. The third kappa shape index (κ3) is 4.83. The van der Waals surface area contributed by atoms with Crippen LogP contribution in [0, 0.1) is 0 Å². The zero-order valence-electron chi connectivity index (χ0n) is 17.2. The molecule has 3 aromatic rings. The van der Waals surface area contributed by atoms with E-state index >= 15 is 0 Å². The molecule has 1 amide bonds. The lowest BCUT2D eigenvalue weighted by molar-refractivity contribution is 0.0870. The van der Waals surface area contributed by atoms with Crippen molar-refractivity contribution in [2.45, 2.75) is 38.8 Å². The summed E-state index contributed by atoms with van der Waals surface area (Å²) in [5.74, 6) is 0.733. The number of nitrogens with two attached hydrogens (primary N) is 1. The zero-order chi connectivity index (χ0) is 21.1. The molecule has 0 saturated heterocycles. The first-order chi connectivity index (χ1) is 14.5. The van der Waals surface area contributed by atoms with E-state index in [-0.39, 0.29) is 18.0 Å². The average Bonchev–Trinajstić information content (AvgIpc) is 3.54. The highest BCUT2D eigenvalue weighted by molar-refractivity contribution is 5.95. The van der Waals surface area contributed by atoms with Gasteiger partial charge in [0.1, 0.15) is 5.52 Å². The van der Waals surface area contributed by atoms with Gasteiger partial charge in [0.15, 0.2) is 5.82 Å². The summed E-state index contributed by atoms with van der Waals surface area (Å²) in [5, 5.41) is 6.24. The molecule has 0 radical (unpaired) electrons. The van der Waals surface area contributed by atoms with Gasteiger partial charge >= 0.3 is 0 Å². The Hall–Kier alpha value is -3.26. The fraction of sp³-hybridized carbons (Fsp3) is 0.364. The van der Waals surface area contributed by atoms with Gasteiger partial charge in [-0.3, -0.25) is 4.79 Å². The van der Waals surface area contributed by atoms with E-state index in [0.717, 1.165) is 24.1 Å². The third-order valence-corrected chi connectivity index (χ3v) is 4.76. The molecule has 1 aliphatic carbocycles. The molecule has 0 aliphatic heterocycles. The monoisotopic (exact) mass is 406 g/mol. The number of rotatable bonds is 8. The number of hydrogen-bond acceptors (Lipinski definition) is 7. The minimum atomic E-state index is -0.0329. The van der Waals surface area contributed by atoms with E-state index in [1.807, 2.05) is 50.2 Å². The smallest absolute Gasteiger partial charge is 0.251 e. The van der Waals surface area contributed by atoms with Crippen molar-refractivity contribution in [1.29, 1.82) is 0 Å². The molecule has 156 valence electrons. The lowest BCUT2D eigenvalue weighted by atomic mass is 10.1. The van der Waals surface area contributed by atoms with E-state index < -0.39 is 0 Å². The molecule has 2 heterocycles. The van der Waals surface area contributed by atoms with Gasteiger partial charge in [0, 0.05) is 23.7 Å². The molecule has 1 saturated carbocycles. The highest BCUT2D eigenvalue weighted by atomic mass is 16.5. The van der Waals surface area contributed by atoms with Crippen LogP contribution < -0.4 is 16.4 Å². The quantitative estimate of drug-likeness (QED) is 0.493. The Kier molecular flexibility index (Phi) is 5.76. The second-order valence-electron chi connectivity index (χ2n) is 7.67. The van der Waals surface area contributed by atoms with Crippen molar-refractivity contribution >= 4 is 28.7 Å². The van der Waals surface area contributed by atoms with Crippen LogP contribution in [0.2, 0.25) is 0 Å². The average molecular weight is 406 g/mol. The number of benzene rings is 1. The number of nitrogen functional groups attached to an aromatic ring is 1. The standard InChI is InChI=1S/C22H26N6O2/c1-13(2)30-12-11-24-20-19-18(27-22(23)28-20)10-9-17(26-19)14-3-5-15(6-4-14)21(29)25-16-7-8-16/h3-6,9-10,13,16H,7-8,11-12H2,1-2H3,(H,25,29)(H3,23,24,27,28). The van der Waals surface area contributed by atoms with E-state index in [1.165, 1.54) is 0 Å². The topological polar surface area (TPSA) is 115 Å². The number of amides is 1. The highest BCUT2D eigenvalue weighted by Crippen LogP contribution is 2.25. The minimum absolute atomic E-state index is 0.0329. The number of pyridine rings is 1. The van der Waals surface area contributed by atoms with Crippen LogP contribution in [0.3, 0.4) is 0 Å². The molecule has 1 aromatic carbocycles. The first kappa shape index (κ1) is 20.0. The number of ether oxygens (including phenoxy) is 1. The maximum absolute atomic E-state index is 12.2. The van der Waals surface area contributed by atoms with Gasteiger partial charge in [-0.1, -0.05) is 12.1 Å². The van der Waals surface area contributed by atoms with Crippen LogP contribution in [0.1, 0.15) is 37.0 Å². The first-order valence-corrected chi connectivity index (χ1v) is 10.2. The maximum Gasteiger partial charge on any atom is 0.251 e. The Morgan fingerprint density at radius 1 is 1.13 bits per heavy atom. The van der Waals surface area contributed by atoms with Crippen molar-refractivity contribution < 1.29 is 9.53 Å². The molecule has 0 spiro atoms. The van der Waals surface area contributed by atoms with Crippen molar-refractivity contribution in [3.63, 3.8) is 0 Å². The predicted molar refractivity (Wildman–Crippen MR) is 117 cm³/mol. The Bertz CT molecular complexity index is 1050. The molecular weight excluding hydrogens is 380 g/mol. The summed E-state index contributed by atoms with van der Waals surface area (Å²) in [4.78, 5) is 25.5. The Morgan fingerprint density at radius 3 is 2.60 bits per heavy atom. The maximum atomic E-state index is 12.2. The molecule has 8 heteroatoms. The molecule has 0 atom stereocenters. The fourth-order valence-corrected chi connectivity index (χ4v) is 3.07. The van der Waals surface area contributed by atoms with E-state index in [0.29, 0.717) is 41.6 Å². The zero-order valence-corrected chi connectivity index (χ0v) is 17.2. The Labute approximate surface area is 175 Å². The fourth-order valence-electron chi connectivity index (χ4n) is 3.07. The second-order valence-corrected chi connectivity index (χ2v) is 7.67. The summed E-state index contributed by atoms with van der Waals surface area (Å²) < 4.78 is 5.57. The molecule has 8 nitrogen and oxygen atoms in total. The third-order valence-electron chi connectivity index (χ3n) is 4.76. The lowest BCUT2D eigenvalue weighted by Gasteiger charge is -2.12. The lowest BCUT2D eigenvalue weighted by Crippen LogP contribution is -2.25. The summed E-state index contributed by atoms with van der Waals surface area (Å²) in [6.45, 7) is 5.12.